The van der Waals surface area contributed by atoms with Crippen molar-refractivity contribution in [3.8, 4) is 0 Å². The average Bonchev–Trinajstić information content (AvgIpc) is 2.15. The molecule has 0 amide bonds. The Balaban J connectivity index is -0.000000117. The lowest BCUT2D eigenvalue weighted by Crippen LogP contribution is -1.65. The van der Waals surface area contributed by atoms with Crippen LogP contribution in [0.25, 0.3) is 0 Å². The molecule has 0 aliphatic carbocycles. The van der Waals surface area contributed by atoms with E-state index in [1.54, 1.807) is 6.08 Å². The van der Waals surface area contributed by atoms with E-state index in [-0.39, 0.29) is 9.41 Å². The van der Waals surface area contributed by atoms with Gasteiger partial charge in [0.05, 0.1) is 0 Å². The van der Waals surface area contributed by atoms with Crippen molar-refractivity contribution >= 4 is 0 Å². The number of unbranched alkanes of at least 4 members (excludes halogenated alkanes) is 2. The Hall–Kier alpha value is -0.930. The zero-order valence-electron chi connectivity index (χ0n) is 9.03. The Morgan fingerprint density at radius 2 is 1.71 bits per heavy atom. The third-order valence-electron chi connectivity index (χ3n) is 1.10. The van der Waals surface area contributed by atoms with Crippen molar-refractivity contribution in [1.82, 2.24) is 0 Å². The molecule has 0 fully saturated rings. The second-order valence-corrected chi connectivity index (χ2v) is 1.99. The minimum Gasteiger partial charge on any atom is -0.302 e. The molecule has 0 heterocycles. The van der Waals surface area contributed by atoms with E-state index in [1.165, 1.54) is 18.9 Å². The first-order chi connectivity index (χ1) is 5.91. The maximum atomic E-state index is 10.9. The van der Waals surface area contributed by atoms with Crippen LogP contribution in [0.2, 0.25) is 0 Å². The summed E-state index contributed by atoms with van der Waals surface area (Å²) < 4.78 is 10.9. The minimum absolute atomic E-state index is 0. The highest BCUT2D eigenvalue weighted by Gasteiger charge is 1.75. The first-order valence-electron chi connectivity index (χ1n) is 4.51. The molecule has 0 rings (SSSR count). The van der Waals surface area contributed by atoms with Gasteiger partial charge in [0, 0.05) is 4.53 Å². The zero-order chi connectivity index (χ0) is 9.66. The molecule has 0 aromatic rings. The van der Waals surface area contributed by atoms with Gasteiger partial charge in [0.25, 0.3) is 0 Å². The van der Waals surface area contributed by atoms with Crippen molar-refractivity contribution in [2.24, 2.45) is 0 Å². The quantitative estimate of drug-likeness (QED) is 0.372. The SMILES string of the molecule is CC.CCCC/C=C/C=C/OF.F.F. The summed E-state index contributed by atoms with van der Waals surface area (Å²) in [5, 5.41) is 0. The van der Waals surface area contributed by atoms with Gasteiger partial charge in [-0.25, -0.2) is 0 Å². The fourth-order valence-corrected chi connectivity index (χ4v) is 0.572. The van der Waals surface area contributed by atoms with E-state index in [1.807, 2.05) is 19.9 Å². The van der Waals surface area contributed by atoms with E-state index >= 15 is 0 Å². The van der Waals surface area contributed by atoms with E-state index in [4.69, 9.17) is 0 Å². The Labute approximate surface area is 84.3 Å². The summed E-state index contributed by atoms with van der Waals surface area (Å²) in [6.07, 6.45) is 9.70. The molecule has 0 bridgehead atoms. The maximum absolute atomic E-state index is 10.9. The summed E-state index contributed by atoms with van der Waals surface area (Å²) in [6.45, 7) is 6.13. The standard InChI is InChI=1S/C8H13FO.C2H6.2FH/c1-2-3-4-5-6-7-8-10-9;1-2;;/h5-8H,2-4H2,1H3;1-2H3;2*1H/b6-5+,8-7+;;;. The van der Waals surface area contributed by atoms with Crippen LogP contribution in [-0.4, -0.2) is 0 Å². The van der Waals surface area contributed by atoms with Crippen LogP contribution in [-0.2, 0) is 4.94 Å². The summed E-state index contributed by atoms with van der Waals surface area (Å²) in [5.74, 6) is 0. The predicted molar refractivity (Wildman–Crippen MR) is 56.4 cm³/mol. The molecule has 1 nitrogen and oxygen atoms in total. The van der Waals surface area contributed by atoms with E-state index in [9.17, 15) is 4.53 Å². The summed E-state index contributed by atoms with van der Waals surface area (Å²) in [4.78, 5) is 3.22. The molecule has 0 atom stereocenters. The van der Waals surface area contributed by atoms with Crippen LogP contribution < -0.4 is 0 Å². The van der Waals surface area contributed by atoms with Crippen molar-refractivity contribution in [2.45, 2.75) is 40.0 Å². The average molecular weight is 214 g/mol. The summed E-state index contributed by atoms with van der Waals surface area (Å²) in [6, 6.07) is 0. The van der Waals surface area contributed by atoms with E-state index in [0.717, 1.165) is 12.7 Å². The van der Waals surface area contributed by atoms with Gasteiger partial charge in [0.1, 0.15) is 6.26 Å². The van der Waals surface area contributed by atoms with Crippen molar-refractivity contribution in [2.75, 3.05) is 0 Å². The van der Waals surface area contributed by atoms with E-state index < -0.39 is 0 Å². The van der Waals surface area contributed by atoms with Crippen LogP contribution in [0.15, 0.2) is 24.5 Å². The highest BCUT2D eigenvalue weighted by molar-refractivity contribution is 4.99. The molecular formula is C10H21F3O. The summed E-state index contributed by atoms with van der Waals surface area (Å²) in [7, 11) is 0. The Bertz CT molecular complexity index is 114. The Morgan fingerprint density at radius 1 is 1.14 bits per heavy atom. The Kier molecular flexibility index (Phi) is 48.9. The van der Waals surface area contributed by atoms with Crippen LogP contribution in [0.1, 0.15) is 40.0 Å². The lowest BCUT2D eigenvalue weighted by molar-refractivity contribution is -0.0616. The molecule has 4 heteroatoms. The van der Waals surface area contributed by atoms with Crippen molar-refractivity contribution in [3.63, 3.8) is 0 Å². The van der Waals surface area contributed by atoms with Crippen LogP contribution in [0.4, 0.5) is 13.9 Å². The van der Waals surface area contributed by atoms with Gasteiger partial charge in [-0.05, 0) is 12.5 Å². The molecular weight excluding hydrogens is 193 g/mol. The highest BCUT2D eigenvalue weighted by Crippen LogP contribution is 1.94. The van der Waals surface area contributed by atoms with Gasteiger partial charge < -0.3 is 4.94 Å². The third kappa shape index (κ3) is 30.5. The molecule has 88 valence electrons. The first-order valence-corrected chi connectivity index (χ1v) is 4.51. The van der Waals surface area contributed by atoms with Crippen molar-refractivity contribution in [3.05, 3.63) is 24.5 Å². The van der Waals surface area contributed by atoms with E-state index in [2.05, 4.69) is 11.9 Å². The maximum Gasteiger partial charge on any atom is 0.136 e. The van der Waals surface area contributed by atoms with Crippen molar-refractivity contribution < 1.29 is 18.9 Å². The molecule has 0 radical (unpaired) electrons. The molecule has 0 saturated heterocycles. The number of rotatable bonds is 5. The molecule has 0 aromatic carbocycles. The van der Waals surface area contributed by atoms with Crippen LogP contribution in [0.3, 0.4) is 0 Å². The topological polar surface area (TPSA) is 9.23 Å². The summed E-state index contributed by atoms with van der Waals surface area (Å²) in [5.41, 5.74) is 0. The van der Waals surface area contributed by atoms with Crippen LogP contribution in [0.5, 0.6) is 0 Å². The van der Waals surface area contributed by atoms with Crippen molar-refractivity contribution in [1.29, 1.82) is 0 Å². The van der Waals surface area contributed by atoms with Gasteiger partial charge in [-0.3, -0.25) is 9.41 Å². The predicted octanol–water partition coefficient (Wildman–Crippen LogP) is 4.48. The largest absolute Gasteiger partial charge is 0.302 e. The molecule has 0 aromatic heterocycles. The minimum atomic E-state index is 0. The smallest absolute Gasteiger partial charge is 0.136 e. The molecule has 0 unspecified atom stereocenters. The van der Waals surface area contributed by atoms with E-state index in [0.29, 0.717) is 0 Å². The van der Waals surface area contributed by atoms with Crippen LogP contribution >= 0.6 is 0 Å². The third-order valence-corrected chi connectivity index (χ3v) is 1.10. The first kappa shape index (κ1) is 23.1. The van der Waals surface area contributed by atoms with Gasteiger partial charge in [0.2, 0.25) is 0 Å². The molecule has 0 aliphatic rings. The molecule has 0 spiro atoms. The second kappa shape index (κ2) is 29.6. The van der Waals surface area contributed by atoms with Gasteiger partial charge in [0.15, 0.2) is 0 Å². The fraction of sp³-hybridized carbons (Fsp3) is 0.600. The molecule has 0 aliphatic heterocycles. The van der Waals surface area contributed by atoms with Gasteiger partial charge in [-0.2, -0.15) is 0 Å². The zero-order valence-corrected chi connectivity index (χ0v) is 9.03. The number of hydrogen-bond acceptors (Lipinski definition) is 1. The van der Waals surface area contributed by atoms with Gasteiger partial charge in [-0.15, -0.1) is 0 Å². The fourth-order valence-electron chi connectivity index (χ4n) is 0.572. The summed E-state index contributed by atoms with van der Waals surface area (Å²) >= 11 is 0. The monoisotopic (exact) mass is 214 g/mol. The highest BCUT2D eigenvalue weighted by atomic mass is 19.3. The lowest BCUT2D eigenvalue weighted by Gasteiger charge is -1.84. The molecule has 0 saturated carbocycles. The second-order valence-electron chi connectivity index (χ2n) is 1.99. The molecule has 14 heavy (non-hydrogen) atoms. The number of allylic oxidation sites excluding steroid dienone is 3. The lowest BCUT2D eigenvalue weighted by atomic mass is 10.2. The van der Waals surface area contributed by atoms with Gasteiger partial charge >= 0.3 is 0 Å². The molecule has 0 N–H and O–H groups in total. The van der Waals surface area contributed by atoms with Gasteiger partial charge in [-0.1, -0.05) is 45.8 Å². The van der Waals surface area contributed by atoms with Crippen LogP contribution in [0, 0.1) is 0 Å². The number of hydrogen-bond donors (Lipinski definition) is 0. The Morgan fingerprint density at radius 3 is 2.14 bits per heavy atom. The number of halogens is 3. The normalized spacial score (nSPS) is 8.57.